The second-order valence-electron chi connectivity index (χ2n) is 7.38. The Morgan fingerprint density at radius 2 is 1.81 bits per heavy atom. The van der Waals surface area contributed by atoms with E-state index in [0.717, 1.165) is 37.1 Å². The van der Waals surface area contributed by atoms with E-state index in [4.69, 9.17) is 0 Å². The number of aromatic nitrogens is 2. The van der Waals surface area contributed by atoms with Gasteiger partial charge in [0.25, 0.3) is 0 Å². The van der Waals surface area contributed by atoms with Crippen molar-refractivity contribution in [1.82, 2.24) is 14.3 Å². The van der Waals surface area contributed by atoms with E-state index in [-0.39, 0.29) is 0 Å². The van der Waals surface area contributed by atoms with Gasteiger partial charge < -0.3 is 5.32 Å². The average molecular weight is 542 g/mol. The van der Waals surface area contributed by atoms with Crippen LogP contribution in [0.3, 0.4) is 0 Å². The van der Waals surface area contributed by atoms with Crippen LogP contribution in [0.15, 0.2) is 78.0 Å². The number of anilines is 2. The molecule has 1 N–H and O–H groups in total. The van der Waals surface area contributed by atoms with Crippen LogP contribution in [0.1, 0.15) is 11.1 Å². The Morgan fingerprint density at radius 3 is 2.65 bits per heavy atom. The van der Waals surface area contributed by atoms with Gasteiger partial charge in [-0.2, -0.15) is 4.31 Å². The molecule has 0 radical (unpaired) electrons. The number of benzene rings is 2. The molecule has 0 fully saturated rings. The molecule has 2 aromatic carbocycles. The molecule has 31 heavy (non-hydrogen) atoms. The van der Waals surface area contributed by atoms with Crippen LogP contribution in [0.25, 0.3) is 10.9 Å². The first-order valence-electron chi connectivity index (χ1n) is 9.85. The highest BCUT2D eigenvalue weighted by Gasteiger charge is 2.29. The standard InChI is InChI=1S/C23H19IN4O2S/c24-18-5-7-20(8-6-18)31(29,30)28-12-10-21-17(15-28)9-11-25-23(21)27-19-13-16-3-1-2-4-22(16)26-14-19/h1-9,11,13-14H,10,12,15H2,(H,25,27). The Morgan fingerprint density at radius 1 is 1.00 bits per heavy atom. The zero-order chi connectivity index (χ0) is 21.4. The predicted octanol–water partition coefficient (Wildman–Crippen LogP) is 4.73. The SMILES string of the molecule is O=S(=O)(c1ccc(I)cc1)N1CCc2c(ccnc2Nc2cnc3ccccc3c2)C1. The lowest BCUT2D eigenvalue weighted by Crippen LogP contribution is -2.36. The summed E-state index contributed by atoms with van der Waals surface area (Å²) in [7, 11) is -3.54. The van der Waals surface area contributed by atoms with E-state index in [1.165, 1.54) is 0 Å². The number of para-hydroxylation sites is 1. The van der Waals surface area contributed by atoms with Gasteiger partial charge in [-0.25, -0.2) is 13.4 Å². The normalized spacial score (nSPS) is 14.4. The van der Waals surface area contributed by atoms with Crippen LogP contribution in [-0.4, -0.2) is 29.2 Å². The highest BCUT2D eigenvalue weighted by Crippen LogP contribution is 2.30. The minimum Gasteiger partial charge on any atom is -0.339 e. The van der Waals surface area contributed by atoms with E-state index in [1.54, 1.807) is 28.8 Å². The van der Waals surface area contributed by atoms with Crippen molar-refractivity contribution in [3.05, 3.63) is 87.8 Å². The summed E-state index contributed by atoms with van der Waals surface area (Å²) >= 11 is 2.17. The zero-order valence-electron chi connectivity index (χ0n) is 16.5. The van der Waals surface area contributed by atoms with Crippen molar-refractivity contribution in [2.75, 3.05) is 11.9 Å². The van der Waals surface area contributed by atoms with Crippen LogP contribution < -0.4 is 5.32 Å². The predicted molar refractivity (Wildman–Crippen MR) is 130 cm³/mol. The van der Waals surface area contributed by atoms with Crippen molar-refractivity contribution < 1.29 is 8.42 Å². The fraction of sp³-hybridized carbons (Fsp3) is 0.130. The minimum atomic E-state index is -3.54. The van der Waals surface area contributed by atoms with Gasteiger partial charge in [0.05, 0.1) is 22.3 Å². The largest absolute Gasteiger partial charge is 0.339 e. The van der Waals surface area contributed by atoms with Crippen LogP contribution in [0.5, 0.6) is 0 Å². The van der Waals surface area contributed by atoms with Gasteiger partial charge in [0, 0.05) is 33.8 Å². The molecule has 156 valence electrons. The smallest absolute Gasteiger partial charge is 0.243 e. The van der Waals surface area contributed by atoms with Crippen molar-refractivity contribution in [2.24, 2.45) is 0 Å². The maximum Gasteiger partial charge on any atom is 0.243 e. The fourth-order valence-electron chi connectivity index (χ4n) is 3.81. The maximum absolute atomic E-state index is 13.1. The summed E-state index contributed by atoms with van der Waals surface area (Å²) in [6.45, 7) is 0.745. The second-order valence-corrected chi connectivity index (χ2v) is 10.6. The lowest BCUT2D eigenvalue weighted by Gasteiger charge is -2.29. The third-order valence-electron chi connectivity index (χ3n) is 5.42. The van der Waals surface area contributed by atoms with Crippen molar-refractivity contribution in [3.63, 3.8) is 0 Å². The van der Waals surface area contributed by atoms with Gasteiger partial charge in [0.15, 0.2) is 0 Å². The second kappa shape index (κ2) is 8.18. The molecule has 1 aliphatic rings. The monoisotopic (exact) mass is 542 g/mol. The average Bonchev–Trinajstić information content (AvgIpc) is 2.79. The summed E-state index contributed by atoms with van der Waals surface area (Å²) in [6, 6.07) is 18.8. The number of rotatable bonds is 4. The van der Waals surface area contributed by atoms with Crippen LogP contribution >= 0.6 is 22.6 Å². The van der Waals surface area contributed by atoms with E-state index >= 15 is 0 Å². The summed E-state index contributed by atoms with van der Waals surface area (Å²) < 4.78 is 28.7. The van der Waals surface area contributed by atoms with Gasteiger partial charge in [-0.3, -0.25) is 4.98 Å². The number of fused-ring (bicyclic) bond motifs is 2. The van der Waals surface area contributed by atoms with Crippen molar-refractivity contribution in [3.8, 4) is 0 Å². The molecule has 5 rings (SSSR count). The zero-order valence-corrected chi connectivity index (χ0v) is 19.5. The number of hydrogen-bond donors (Lipinski definition) is 1. The van der Waals surface area contributed by atoms with E-state index in [1.807, 2.05) is 48.5 Å². The molecular weight excluding hydrogens is 523 g/mol. The molecule has 0 saturated heterocycles. The van der Waals surface area contributed by atoms with E-state index in [9.17, 15) is 8.42 Å². The molecule has 0 amide bonds. The topological polar surface area (TPSA) is 75.2 Å². The molecule has 1 aliphatic heterocycles. The molecular formula is C23H19IN4O2S. The molecule has 0 spiro atoms. The van der Waals surface area contributed by atoms with Crippen LogP contribution in [0.4, 0.5) is 11.5 Å². The van der Waals surface area contributed by atoms with Crippen LogP contribution in [0.2, 0.25) is 0 Å². The van der Waals surface area contributed by atoms with Gasteiger partial charge in [0.1, 0.15) is 5.82 Å². The number of nitrogens with zero attached hydrogens (tertiary/aromatic N) is 3. The van der Waals surface area contributed by atoms with Crippen LogP contribution in [0, 0.1) is 3.57 Å². The van der Waals surface area contributed by atoms with Gasteiger partial charge in [-0.15, -0.1) is 0 Å². The first-order valence-corrected chi connectivity index (χ1v) is 12.4. The van der Waals surface area contributed by atoms with E-state index in [0.29, 0.717) is 24.4 Å². The van der Waals surface area contributed by atoms with Gasteiger partial charge in [-0.1, -0.05) is 18.2 Å². The molecule has 0 unspecified atom stereocenters. The summed E-state index contributed by atoms with van der Waals surface area (Å²) in [5.41, 5.74) is 3.80. The maximum atomic E-state index is 13.1. The summed E-state index contributed by atoms with van der Waals surface area (Å²) in [5.74, 6) is 0.751. The molecule has 3 heterocycles. The number of nitrogens with one attached hydrogen (secondary N) is 1. The van der Waals surface area contributed by atoms with Crippen molar-refractivity contribution in [2.45, 2.75) is 17.9 Å². The quantitative estimate of drug-likeness (QED) is 0.378. The Hall–Kier alpha value is -2.56. The molecule has 0 bridgehead atoms. The third kappa shape index (κ3) is 4.02. The third-order valence-corrected chi connectivity index (χ3v) is 7.99. The molecule has 0 atom stereocenters. The van der Waals surface area contributed by atoms with Gasteiger partial charge in [-0.05, 0) is 77.0 Å². The van der Waals surface area contributed by atoms with E-state index < -0.39 is 10.0 Å². The first kappa shape index (κ1) is 20.3. The van der Waals surface area contributed by atoms with Gasteiger partial charge in [0.2, 0.25) is 10.0 Å². The number of hydrogen-bond acceptors (Lipinski definition) is 5. The Bertz CT molecular complexity index is 1370. The molecule has 2 aromatic heterocycles. The Balaban J connectivity index is 1.42. The molecule has 4 aromatic rings. The summed E-state index contributed by atoms with van der Waals surface area (Å²) in [6.07, 6.45) is 4.10. The summed E-state index contributed by atoms with van der Waals surface area (Å²) in [5, 5.41) is 4.42. The Labute approximate surface area is 194 Å². The lowest BCUT2D eigenvalue weighted by molar-refractivity contribution is 0.391. The lowest BCUT2D eigenvalue weighted by atomic mass is 10.0. The van der Waals surface area contributed by atoms with E-state index in [2.05, 4.69) is 37.9 Å². The fourth-order valence-corrected chi connectivity index (χ4v) is 5.59. The molecule has 8 heteroatoms. The van der Waals surface area contributed by atoms with Crippen molar-refractivity contribution in [1.29, 1.82) is 0 Å². The number of halogens is 1. The number of sulfonamides is 1. The highest BCUT2D eigenvalue weighted by molar-refractivity contribution is 14.1. The molecule has 0 aliphatic carbocycles. The number of pyridine rings is 2. The van der Waals surface area contributed by atoms with Gasteiger partial charge >= 0.3 is 0 Å². The molecule has 6 nitrogen and oxygen atoms in total. The Kier molecular flexibility index (Phi) is 5.37. The van der Waals surface area contributed by atoms with Crippen molar-refractivity contribution >= 4 is 55.0 Å². The summed E-state index contributed by atoms with van der Waals surface area (Å²) in [4.78, 5) is 9.33. The first-order chi connectivity index (χ1) is 15.0. The molecule has 0 saturated carbocycles. The van der Waals surface area contributed by atoms with Crippen LogP contribution in [-0.2, 0) is 23.0 Å². The highest BCUT2D eigenvalue weighted by atomic mass is 127. The minimum absolute atomic E-state index is 0.325.